The number of carbonyl (C=O) groups excluding carboxylic acids is 1. The molecule has 0 aliphatic rings. The zero-order valence-corrected chi connectivity index (χ0v) is 14.9. The molecule has 4 aromatic rings. The number of carbonyl (C=O) groups is 1. The van der Waals surface area contributed by atoms with E-state index in [0.29, 0.717) is 17.0 Å². The van der Waals surface area contributed by atoms with Gasteiger partial charge < -0.3 is 5.32 Å². The molecule has 136 valence electrons. The Balaban J connectivity index is 1.78. The molecule has 0 saturated carbocycles. The lowest BCUT2D eigenvalue weighted by Crippen LogP contribution is -2.11. The van der Waals surface area contributed by atoms with E-state index in [1.54, 1.807) is 23.0 Å². The van der Waals surface area contributed by atoms with Crippen molar-refractivity contribution in [3.05, 3.63) is 109 Å². The third-order valence-corrected chi connectivity index (χ3v) is 4.15. The number of benzene rings is 3. The largest absolute Gasteiger partial charge is 0.361 e. The summed E-state index contributed by atoms with van der Waals surface area (Å²) in [5.41, 5.74) is 2.56. The third-order valence-electron chi connectivity index (χ3n) is 4.15. The molecule has 0 atom stereocenters. The zero-order valence-electron chi connectivity index (χ0n) is 14.9. The van der Waals surface area contributed by atoms with Crippen LogP contribution in [0.25, 0.3) is 11.3 Å². The monoisotopic (exact) mass is 367 g/mol. The van der Waals surface area contributed by atoms with E-state index >= 15 is 0 Å². The van der Waals surface area contributed by atoms with E-state index < -0.39 is 0 Å². The molecule has 6 heteroatoms. The van der Waals surface area contributed by atoms with Gasteiger partial charge in [0.2, 0.25) is 0 Å². The van der Waals surface area contributed by atoms with Crippen molar-refractivity contribution >= 4 is 17.0 Å². The number of anilines is 1. The van der Waals surface area contributed by atoms with E-state index in [4.69, 9.17) is 0 Å². The second-order valence-corrected chi connectivity index (χ2v) is 6.01. The van der Waals surface area contributed by atoms with Crippen molar-refractivity contribution in [1.82, 2.24) is 20.2 Å². The van der Waals surface area contributed by atoms with Crippen LogP contribution in [0.1, 0.15) is 16.2 Å². The van der Waals surface area contributed by atoms with Crippen molar-refractivity contribution in [3.63, 3.8) is 0 Å². The van der Waals surface area contributed by atoms with Crippen molar-refractivity contribution in [1.29, 1.82) is 0 Å². The predicted octanol–water partition coefficient (Wildman–Crippen LogP) is 4.00. The molecule has 28 heavy (non-hydrogen) atoms. The number of allylic oxidation sites excluding steroid dienone is 1. The van der Waals surface area contributed by atoms with Crippen LogP contribution >= 0.6 is 0 Å². The summed E-state index contributed by atoms with van der Waals surface area (Å²) < 4.78 is 1.55. The van der Waals surface area contributed by atoms with Crippen LogP contribution in [0.15, 0.2) is 97.2 Å². The van der Waals surface area contributed by atoms with E-state index in [1.807, 2.05) is 78.9 Å². The van der Waals surface area contributed by atoms with E-state index in [-0.39, 0.29) is 5.78 Å². The van der Waals surface area contributed by atoms with Gasteiger partial charge in [0.15, 0.2) is 11.6 Å². The zero-order chi connectivity index (χ0) is 19.2. The summed E-state index contributed by atoms with van der Waals surface area (Å²) in [5.74, 6) is 0.194. The van der Waals surface area contributed by atoms with E-state index in [9.17, 15) is 4.79 Å². The van der Waals surface area contributed by atoms with Crippen molar-refractivity contribution in [2.75, 3.05) is 5.32 Å². The molecule has 0 unspecified atom stereocenters. The van der Waals surface area contributed by atoms with Gasteiger partial charge in [0, 0.05) is 17.5 Å². The van der Waals surface area contributed by atoms with E-state index in [2.05, 4.69) is 20.8 Å². The summed E-state index contributed by atoms with van der Waals surface area (Å²) in [6, 6.07) is 28.2. The summed E-state index contributed by atoms with van der Waals surface area (Å²) in [4.78, 5) is 13.2. The number of hydrogen-bond donors (Lipinski definition) is 1. The second-order valence-electron chi connectivity index (χ2n) is 6.01. The topological polar surface area (TPSA) is 72.7 Å². The van der Waals surface area contributed by atoms with Gasteiger partial charge in [0.25, 0.3) is 0 Å². The van der Waals surface area contributed by atoms with Gasteiger partial charge in [0.1, 0.15) is 0 Å². The summed E-state index contributed by atoms with van der Waals surface area (Å²) >= 11 is 0. The number of tetrazole rings is 1. The summed E-state index contributed by atoms with van der Waals surface area (Å²) in [6.45, 7) is 0. The SMILES string of the molecule is O=C(/C(=C\Nc1ccccc1)c1nnnn1-c1ccccc1)c1ccccc1. The van der Waals surface area contributed by atoms with Gasteiger partial charge in [-0.25, -0.2) is 0 Å². The van der Waals surface area contributed by atoms with Gasteiger partial charge in [-0.3, -0.25) is 4.79 Å². The maximum absolute atomic E-state index is 13.2. The van der Waals surface area contributed by atoms with Crippen LogP contribution in [-0.4, -0.2) is 26.0 Å². The molecule has 0 spiro atoms. The van der Waals surface area contributed by atoms with Crippen LogP contribution in [0, 0.1) is 0 Å². The maximum atomic E-state index is 13.2. The average molecular weight is 367 g/mol. The van der Waals surface area contributed by atoms with Crippen LogP contribution < -0.4 is 5.32 Å². The predicted molar refractivity (Wildman–Crippen MR) is 108 cm³/mol. The molecule has 0 aliphatic carbocycles. The number of ketones is 1. The van der Waals surface area contributed by atoms with Crippen molar-refractivity contribution < 1.29 is 4.79 Å². The Labute approximate surface area is 162 Å². The highest BCUT2D eigenvalue weighted by Gasteiger charge is 2.21. The van der Waals surface area contributed by atoms with E-state index in [0.717, 1.165) is 11.4 Å². The highest BCUT2D eigenvalue weighted by Crippen LogP contribution is 2.21. The minimum atomic E-state index is -0.170. The molecule has 0 aliphatic heterocycles. The summed E-state index contributed by atoms with van der Waals surface area (Å²) in [7, 11) is 0. The minimum absolute atomic E-state index is 0.170. The second kappa shape index (κ2) is 8.09. The molecule has 0 radical (unpaired) electrons. The lowest BCUT2D eigenvalue weighted by molar-refractivity contribution is 0.105. The Bertz CT molecular complexity index is 1090. The van der Waals surface area contributed by atoms with Crippen LogP contribution in [0.3, 0.4) is 0 Å². The van der Waals surface area contributed by atoms with Crippen molar-refractivity contribution in [2.24, 2.45) is 0 Å². The molecule has 0 saturated heterocycles. The first-order valence-electron chi connectivity index (χ1n) is 8.78. The van der Waals surface area contributed by atoms with Crippen LogP contribution in [-0.2, 0) is 0 Å². The molecule has 1 N–H and O–H groups in total. The van der Waals surface area contributed by atoms with Crippen LogP contribution in [0.5, 0.6) is 0 Å². The number of hydrogen-bond acceptors (Lipinski definition) is 5. The van der Waals surface area contributed by atoms with Crippen molar-refractivity contribution in [3.8, 4) is 5.69 Å². The highest BCUT2D eigenvalue weighted by atomic mass is 16.1. The molecular weight excluding hydrogens is 350 g/mol. The Morgan fingerprint density at radius 3 is 2.11 bits per heavy atom. The van der Waals surface area contributed by atoms with E-state index in [1.165, 1.54) is 0 Å². The van der Waals surface area contributed by atoms with Crippen LogP contribution in [0.2, 0.25) is 0 Å². The lowest BCUT2D eigenvalue weighted by Gasteiger charge is -2.09. The minimum Gasteiger partial charge on any atom is -0.361 e. The average Bonchev–Trinajstić information content (AvgIpc) is 3.25. The fraction of sp³-hybridized carbons (Fsp3) is 0. The Morgan fingerprint density at radius 2 is 1.43 bits per heavy atom. The van der Waals surface area contributed by atoms with Gasteiger partial charge in [-0.05, 0) is 34.7 Å². The lowest BCUT2D eigenvalue weighted by atomic mass is 10.0. The van der Waals surface area contributed by atoms with Gasteiger partial charge >= 0.3 is 0 Å². The van der Waals surface area contributed by atoms with Crippen molar-refractivity contribution in [2.45, 2.75) is 0 Å². The van der Waals surface area contributed by atoms with Gasteiger partial charge in [0.05, 0.1) is 11.3 Å². The fourth-order valence-corrected chi connectivity index (χ4v) is 2.76. The first-order chi connectivity index (χ1) is 13.8. The van der Waals surface area contributed by atoms with Crippen LogP contribution in [0.4, 0.5) is 5.69 Å². The molecule has 1 heterocycles. The first kappa shape index (κ1) is 17.4. The molecule has 0 bridgehead atoms. The highest BCUT2D eigenvalue weighted by molar-refractivity contribution is 6.28. The Hall–Kier alpha value is -4.06. The molecule has 0 fully saturated rings. The summed E-state index contributed by atoms with van der Waals surface area (Å²) in [5, 5.41) is 15.2. The van der Waals surface area contributed by atoms with Gasteiger partial charge in [-0.2, -0.15) is 4.68 Å². The normalized spacial score (nSPS) is 11.2. The smallest absolute Gasteiger partial charge is 0.198 e. The van der Waals surface area contributed by atoms with Gasteiger partial charge in [-0.15, -0.1) is 5.10 Å². The summed E-state index contributed by atoms with van der Waals surface area (Å²) in [6.07, 6.45) is 1.65. The number of Topliss-reactive ketones (excluding diaryl/α,β-unsaturated/α-hetero) is 1. The number of nitrogens with zero attached hydrogens (tertiary/aromatic N) is 4. The molecule has 3 aromatic carbocycles. The third kappa shape index (κ3) is 3.71. The molecule has 6 nitrogen and oxygen atoms in total. The Kier molecular flexibility index (Phi) is 5.02. The molecular formula is C22H17N5O. The molecule has 4 rings (SSSR count). The Morgan fingerprint density at radius 1 is 0.821 bits per heavy atom. The standard InChI is InChI=1S/C22H17N5O/c28-21(17-10-4-1-5-11-17)20(16-23-18-12-6-2-7-13-18)22-24-25-26-27(22)19-14-8-3-9-15-19/h1-16,23H/b20-16+. The number of rotatable bonds is 6. The quantitative estimate of drug-likeness (QED) is 0.412. The molecule has 1 aromatic heterocycles. The number of para-hydroxylation sites is 2. The van der Waals surface area contributed by atoms with Gasteiger partial charge in [-0.1, -0.05) is 66.7 Å². The number of aromatic nitrogens is 4. The number of nitrogens with one attached hydrogen (secondary N) is 1. The first-order valence-corrected chi connectivity index (χ1v) is 8.78. The molecule has 0 amide bonds. The maximum Gasteiger partial charge on any atom is 0.198 e. The fourth-order valence-electron chi connectivity index (χ4n) is 2.76.